The Hall–Kier alpha value is -2.56. The first-order chi connectivity index (χ1) is 12.1. The highest BCUT2D eigenvalue weighted by Gasteiger charge is 2.12. The van der Waals surface area contributed by atoms with Crippen molar-refractivity contribution in [2.45, 2.75) is 45.6 Å². The number of aryl methyl sites for hydroxylation is 1. The van der Waals surface area contributed by atoms with Gasteiger partial charge in [-0.25, -0.2) is 0 Å². The Morgan fingerprint density at radius 3 is 2.56 bits per heavy atom. The number of amides is 1. The first-order valence-corrected chi connectivity index (χ1v) is 8.66. The molecule has 5 nitrogen and oxygen atoms in total. The van der Waals surface area contributed by atoms with Gasteiger partial charge in [0.2, 0.25) is 5.91 Å². The SMILES string of the molecule is CCOc1ccc(C(=O)CCC(=O)N[C@@H](C)CCc2ccco2)cc1. The molecule has 0 saturated carbocycles. The van der Waals surface area contributed by atoms with Crippen molar-refractivity contribution in [3.63, 3.8) is 0 Å². The van der Waals surface area contributed by atoms with Crippen molar-refractivity contribution >= 4 is 11.7 Å². The molecule has 2 rings (SSSR count). The average Bonchev–Trinajstić information content (AvgIpc) is 3.12. The van der Waals surface area contributed by atoms with Crippen LogP contribution < -0.4 is 10.1 Å². The predicted octanol–water partition coefficient (Wildman–Crippen LogP) is 3.78. The number of carbonyl (C=O) groups is 2. The average molecular weight is 343 g/mol. The third-order valence-corrected chi connectivity index (χ3v) is 3.88. The Labute approximate surface area is 148 Å². The van der Waals surface area contributed by atoms with Crippen LogP contribution in [0.1, 0.15) is 49.2 Å². The van der Waals surface area contributed by atoms with Crippen molar-refractivity contribution in [3.05, 3.63) is 54.0 Å². The zero-order valence-electron chi connectivity index (χ0n) is 14.8. The van der Waals surface area contributed by atoms with Gasteiger partial charge in [0.1, 0.15) is 11.5 Å². The lowest BCUT2D eigenvalue weighted by Crippen LogP contribution is -2.33. The third kappa shape index (κ3) is 6.45. The molecule has 0 saturated heterocycles. The first-order valence-electron chi connectivity index (χ1n) is 8.66. The fourth-order valence-corrected chi connectivity index (χ4v) is 2.51. The molecule has 0 unspecified atom stereocenters. The quantitative estimate of drug-likeness (QED) is 0.667. The molecule has 0 aliphatic heterocycles. The summed E-state index contributed by atoms with van der Waals surface area (Å²) in [5, 5.41) is 2.92. The fraction of sp³-hybridized carbons (Fsp3) is 0.400. The molecule has 1 amide bonds. The molecule has 0 fully saturated rings. The molecule has 0 radical (unpaired) electrons. The van der Waals surface area contributed by atoms with Crippen LogP contribution in [0.15, 0.2) is 47.1 Å². The zero-order valence-corrected chi connectivity index (χ0v) is 14.8. The summed E-state index contributed by atoms with van der Waals surface area (Å²) in [5.41, 5.74) is 0.599. The van der Waals surface area contributed by atoms with E-state index in [1.54, 1.807) is 30.5 Å². The van der Waals surface area contributed by atoms with Crippen LogP contribution in [-0.2, 0) is 11.2 Å². The van der Waals surface area contributed by atoms with Gasteiger partial charge in [-0.05, 0) is 56.7 Å². The van der Waals surface area contributed by atoms with E-state index < -0.39 is 0 Å². The predicted molar refractivity (Wildman–Crippen MR) is 95.8 cm³/mol. The number of benzene rings is 1. The lowest BCUT2D eigenvalue weighted by molar-refractivity contribution is -0.121. The first kappa shape index (κ1) is 18.8. The minimum atomic E-state index is -0.105. The molecular weight excluding hydrogens is 318 g/mol. The van der Waals surface area contributed by atoms with Crippen molar-refractivity contribution in [2.75, 3.05) is 6.61 Å². The normalized spacial score (nSPS) is 11.8. The molecule has 1 N–H and O–H groups in total. The van der Waals surface area contributed by atoms with Crippen molar-refractivity contribution in [2.24, 2.45) is 0 Å². The summed E-state index contributed by atoms with van der Waals surface area (Å²) in [7, 11) is 0. The molecule has 1 aromatic heterocycles. The molecule has 1 heterocycles. The molecule has 1 atom stereocenters. The highest BCUT2D eigenvalue weighted by atomic mass is 16.5. The standard InChI is InChI=1S/C20H25NO4/c1-3-24-18-10-7-16(8-11-18)19(22)12-13-20(23)21-15(2)6-9-17-5-4-14-25-17/h4-5,7-8,10-11,14-15H,3,6,9,12-13H2,1-2H3,(H,21,23)/t15-/m0/s1. The lowest BCUT2D eigenvalue weighted by Gasteiger charge is -2.13. The van der Waals surface area contributed by atoms with Crippen molar-refractivity contribution in [3.8, 4) is 5.75 Å². The molecule has 5 heteroatoms. The van der Waals surface area contributed by atoms with E-state index in [0.717, 1.165) is 24.4 Å². The largest absolute Gasteiger partial charge is 0.494 e. The van der Waals surface area contributed by atoms with Gasteiger partial charge in [-0.1, -0.05) is 0 Å². The summed E-state index contributed by atoms with van der Waals surface area (Å²) in [4.78, 5) is 24.1. The number of nitrogens with one attached hydrogen (secondary N) is 1. The van der Waals surface area contributed by atoms with E-state index in [4.69, 9.17) is 9.15 Å². The van der Waals surface area contributed by atoms with Gasteiger partial charge in [0, 0.05) is 30.9 Å². The molecule has 0 aliphatic rings. The topological polar surface area (TPSA) is 68.5 Å². The van der Waals surface area contributed by atoms with Crippen LogP contribution in [0.3, 0.4) is 0 Å². The molecular formula is C20H25NO4. The van der Waals surface area contributed by atoms with Gasteiger partial charge in [-0.3, -0.25) is 9.59 Å². The Morgan fingerprint density at radius 1 is 1.16 bits per heavy atom. The number of rotatable bonds is 10. The van der Waals surface area contributed by atoms with E-state index in [9.17, 15) is 9.59 Å². The summed E-state index contributed by atoms with van der Waals surface area (Å²) in [6.45, 7) is 4.45. The van der Waals surface area contributed by atoms with Crippen LogP contribution in [0.5, 0.6) is 5.75 Å². The number of hydrogen-bond acceptors (Lipinski definition) is 4. The van der Waals surface area contributed by atoms with Crippen LogP contribution in [0.2, 0.25) is 0 Å². The fourth-order valence-electron chi connectivity index (χ4n) is 2.51. The Bertz CT molecular complexity index is 662. The van der Waals surface area contributed by atoms with E-state index >= 15 is 0 Å². The summed E-state index contributed by atoms with van der Waals surface area (Å²) >= 11 is 0. The second-order valence-corrected chi connectivity index (χ2v) is 5.97. The van der Waals surface area contributed by atoms with E-state index in [2.05, 4.69) is 5.32 Å². The van der Waals surface area contributed by atoms with Gasteiger partial charge in [0.05, 0.1) is 12.9 Å². The lowest BCUT2D eigenvalue weighted by atomic mass is 10.1. The Balaban J connectivity index is 1.70. The summed E-state index contributed by atoms with van der Waals surface area (Å²) in [5.74, 6) is 1.50. The third-order valence-electron chi connectivity index (χ3n) is 3.88. The zero-order chi connectivity index (χ0) is 18.1. The number of furan rings is 1. The van der Waals surface area contributed by atoms with Crippen molar-refractivity contribution in [1.29, 1.82) is 0 Å². The highest BCUT2D eigenvalue weighted by Crippen LogP contribution is 2.14. The van der Waals surface area contributed by atoms with Gasteiger partial charge in [-0.2, -0.15) is 0 Å². The monoisotopic (exact) mass is 343 g/mol. The van der Waals surface area contributed by atoms with Gasteiger partial charge >= 0.3 is 0 Å². The molecule has 25 heavy (non-hydrogen) atoms. The summed E-state index contributed by atoms with van der Waals surface area (Å²) < 4.78 is 10.6. The van der Waals surface area contributed by atoms with Gasteiger partial charge < -0.3 is 14.5 Å². The van der Waals surface area contributed by atoms with Crippen molar-refractivity contribution < 1.29 is 18.7 Å². The second kappa shape index (κ2) is 9.67. The number of Topliss-reactive ketones (excluding diaryl/α,β-unsaturated/α-hetero) is 1. The molecule has 2 aromatic rings. The van der Waals surface area contributed by atoms with Crippen LogP contribution >= 0.6 is 0 Å². The summed E-state index contributed by atoms with van der Waals surface area (Å²) in [6.07, 6.45) is 3.61. The smallest absolute Gasteiger partial charge is 0.220 e. The van der Waals surface area contributed by atoms with Crippen molar-refractivity contribution in [1.82, 2.24) is 5.32 Å². The number of ether oxygens (including phenoxy) is 1. The maximum absolute atomic E-state index is 12.2. The Morgan fingerprint density at radius 2 is 1.92 bits per heavy atom. The number of hydrogen-bond donors (Lipinski definition) is 1. The Kier molecular flexibility index (Phi) is 7.26. The maximum Gasteiger partial charge on any atom is 0.220 e. The van der Waals surface area contributed by atoms with E-state index in [1.165, 1.54) is 0 Å². The maximum atomic E-state index is 12.2. The van der Waals surface area contributed by atoms with Gasteiger partial charge in [0.25, 0.3) is 0 Å². The van der Waals surface area contributed by atoms with Crippen LogP contribution in [0, 0.1) is 0 Å². The molecule has 1 aromatic carbocycles. The molecule has 0 bridgehead atoms. The van der Waals surface area contributed by atoms with Crippen LogP contribution in [-0.4, -0.2) is 24.3 Å². The van der Waals surface area contributed by atoms with Gasteiger partial charge in [-0.15, -0.1) is 0 Å². The molecule has 0 aliphatic carbocycles. The molecule has 0 spiro atoms. The van der Waals surface area contributed by atoms with Crippen LogP contribution in [0.25, 0.3) is 0 Å². The minimum Gasteiger partial charge on any atom is -0.494 e. The number of ketones is 1. The minimum absolute atomic E-state index is 0.0400. The van der Waals surface area contributed by atoms with E-state index in [1.807, 2.05) is 26.0 Å². The second-order valence-electron chi connectivity index (χ2n) is 5.97. The molecule has 134 valence electrons. The van der Waals surface area contributed by atoms with Crippen LogP contribution in [0.4, 0.5) is 0 Å². The summed E-state index contributed by atoms with van der Waals surface area (Å²) in [6, 6.07) is 10.8. The van der Waals surface area contributed by atoms with Gasteiger partial charge in [0.15, 0.2) is 5.78 Å². The van der Waals surface area contributed by atoms with E-state index in [-0.39, 0.29) is 30.6 Å². The highest BCUT2D eigenvalue weighted by molar-refractivity contribution is 5.98. The van der Waals surface area contributed by atoms with E-state index in [0.29, 0.717) is 12.2 Å². The number of carbonyl (C=O) groups excluding carboxylic acids is 2.